The van der Waals surface area contributed by atoms with Crippen molar-refractivity contribution < 1.29 is 59.8 Å². The lowest BCUT2D eigenvalue weighted by Gasteiger charge is -2.49. The number of aliphatic hydroxyl groups is 8. The third-order valence-corrected chi connectivity index (χ3v) is 8.28. The molecule has 3 fully saturated rings. The molecule has 2 saturated heterocycles. The molecule has 17 N–H and O–H groups in total. The molecule has 43 heavy (non-hydrogen) atoms. The fourth-order valence-electron chi connectivity index (χ4n) is 5.72. The smallest absolute Gasteiger partial charge is 0.187 e. The van der Waals surface area contributed by atoms with Crippen molar-refractivity contribution in [1.82, 2.24) is 16.0 Å². The van der Waals surface area contributed by atoms with Crippen LogP contribution in [-0.2, 0) is 18.9 Å². The van der Waals surface area contributed by atoms with Gasteiger partial charge in [0.05, 0.1) is 25.4 Å². The van der Waals surface area contributed by atoms with Gasteiger partial charge in [-0.25, -0.2) is 0 Å². The average molecular weight is 629 g/mol. The number of hydrogen-bond donors (Lipinski definition) is 14. The van der Waals surface area contributed by atoms with E-state index in [0.717, 1.165) is 0 Å². The van der Waals surface area contributed by atoms with Gasteiger partial charge in [-0.1, -0.05) is 0 Å². The predicted octanol–water partition coefficient (Wildman–Crippen LogP) is -8.10. The van der Waals surface area contributed by atoms with E-state index in [9.17, 15) is 35.7 Å². The Labute approximate surface area is 250 Å². The molecule has 3 unspecified atom stereocenters. The van der Waals surface area contributed by atoms with Gasteiger partial charge in [0.25, 0.3) is 0 Å². The molecule has 2 aliphatic heterocycles. The van der Waals surface area contributed by atoms with Crippen LogP contribution in [0.2, 0.25) is 0 Å². The van der Waals surface area contributed by atoms with Gasteiger partial charge in [-0.2, -0.15) is 0 Å². The van der Waals surface area contributed by atoms with Gasteiger partial charge in [-0.05, 0) is 20.4 Å². The van der Waals surface area contributed by atoms with E-state index in [2.05, 4.69) is 16.0 Å². The van der Waals surface area contributed by atoms with Gasteiger partial charge in [0.2, 0.25) is 0 Å². The van der Waals surface area contributed by atoms with Crippen molar-refractivity contribution >= 4 is 0 Å². The van der Waals surface area contributed by atoms with Crippen LogP contribution < -0.4 is 33.2 Å². The standard InChI is InChI=1S/C25H52N6O12/c1-25(39)9-40-23(19(38)22(25)29-2)43-21-13(31-6-11(33)4-26)3-12(28)20(18(21)37)42-24-17(36)16(35)15(34)14(41-24)7-30-5-10(27)8-32/h10-24,29-39H,3-9,26-28H2,1-2H3/t10?,11?,12-,13+,14+,15+,16-,17+,18-,19+,20?,21-,22+,23+,24+,25-/m0/s1. The van der Waals surface area contributed by atoms with Crippen LogP contribution in [0.4, 0.5) is 0 Å². The van der Waals surface area contributed by atoms with Crippen LogP contribution in [0.3, 0.4) is 0 Å². The highest BCUT2D eigenvalue weighted by Gasteiger charge is 2.52. The Morgan fingerprint density at radius 1 is 0.977 bits per heavy atom. The molecule has 3 aliphatic rings. The van der Waals surface area contributed by atoms with Gasteiger partial charge in [-0.3, -0.25) is 0 Å². The molecule has 0 aromatic rings. The molecule has 0 aromatic heterocycles. The van der Waals surface area contributed by atoms with Crippen LogP contribution in [-0.4, -0.2) is 185 Å². The van der Waals surface area contributed by atoms with Gasteiger partial charge < -0.3 is 93.0 Å². The Morgan fingerprint density at radius 2 is 1.65 bits per heavy atom. The quantitative estimate of drug-likeness (QED) is 0.0849. The van der Waals surface area contributed by atoms with Gasteiger partial charge >= 0.3 is 0 Å². The van der Waals surface area contributed by atoms with Crippen LogP contribution in [0.25, 0.3) is 0 Å². The van der Waals surface area contributed by atoms with E-state index in [4.69, 9.17) is 41.3 Å². The first-order valence-electron chi connectivity index (χ1n) is 14.6. The zero-order chi connectivity index (χ0) is 32.1. The first-order valence-corrected chi connectivity index (χ1v) is 14.6. The van der Waals surface area contributed by atoms with Crippen molar-refractivity contribution in [2.24, 2.45) is 17.2 Å². The van der Waals surface area contributed by atoms with Gasteiger partial charge in [0.15, 0.2) is 12.6 Å². The molecule has 18 heteroatoms. The molecular formula is C25H52N6O12. The minimum absolute atomic E-state index is 0.00764. The number of hydrogen-bond acceptors (Lipinski definition) is 18. The zero-order valence-corrected chi connectivity index (χ0v) is 24.6. The van der Waals surface area contributed by atoms with E-state index in [1.54, 1.807) is 7.05 Å². The fourth-order valence-corrected chi connectivity index (χ4v) is 5.72. The van der Waals surface area contributed by atoms with Crippen molar-refractivity contribution in [3.05, 3.63) is 0 Å². The van der Waals surface area contributed by atoms with E-state index in [0.29, 0.717) is 0 Å². The first kappa shape index (κ1) is 36.7. The summed E-state index contributed by atoms with van der Waals surface area (Å²) in [5.74, 6) is 0. The number of likely N-dealkylation sites (N-methyl/N-ethyl adjacent to an activating group) is 1. The molecule has 0 bridgehead atoms. The third-order valence-electron chi connectivity index (χ3n) is 8.28. The van der Waals surface area contributed by atoms with Crippen LogP contribution in [0.5, 0.6) is 0 Å². The van der Waals surface area contributed by atoms with Gasteiger partial charge in [0.1, 0.15) is 54.4 Å². The molecule has 1 aliphatic carbocycles. The lowest BCUT2D eigenvalue weighted by Crippen LogP contribution is -2.69. The lowest BCUT2D eigenvalue weighted by molar-refractivity contribution is -0.331. The summed E-state index contributed by atoms with van der Waals surface area (Å²) in [6.45, 7) is 1.23. The van der Waals surface area contributed by atoms with E-state index in [1.807, 2.05) is 0 Å². The summed E-state index contributed by atoms with van der Waals surface area (Å²) in [5.41, 5.74) is 16.2. The molecule has 16 atom stereocenters. The highest BCUT2D eigenvalue weighted by atomic mass is 16.7. The van der Waals surface area contributed by atoms with Gasteiger partial charge in [0, 0.05) is 44.3 Å². The Bertz CT molecular complexity index is 838. The maximum absolute atomic E-state index is 11.5. The molecule has 1 saturated carbocycles. The van der Waals surface area contributed by atoms with Crippen LogP contribution in [0.15, 0.2) is 0 Å². The maximum Gasteiger partial charge on any atom is 0.187 e. The molecule has 0 spiro atoms. The van der Waals surface area contributed by atoms with Crippen molar-refractivity contribution in [2.45, 2.75) is 111 Å². The Kier molecular flexibility index (Phi) is 13.9. The molecule has 254 valence electrons. The monoisotopic (exact) mass is 628 g/mol. The number of nitrogens with one attached hydrogen (secondary N) is 3. The van der Waals surface area contributed by atoms with Crippen LogP contribution in [0.1, 0.15) is 13.3 Å². The average Bonchev–Trinajstić information content (AvgIpc) is 2.97. The number of ether oxygens (including phenoxy) is 4. The highest BCUT2D eigenvalue weighted by Crippen LogP contribution is 2.32. The molecule has 0 amide bonds. The van der Waals surface area contributed by atoms with Crippen LogP contribution >= 0.6 is 0 Å². The summed E-state index contributed by atoms with van der Waals surface area (Å²) in [6.07, 6.45) is -14.7. The van der Waals surface area contributed by atoms with Crippen molar-refractivity contribution in [1.29, 1.82) is 0 Å². The summed E-state index contributed by atoms with van der Waals surface area (Å²) >= 11 is 0. The molecular weight excluding hydrogens is 576 g/mol. The van der Waals surface area contributed by atoms with E-state index >= 15 is 0 Å². The third kappa shape index (κ3) is 8.97. The van der Waals surface area contributed by atoms with Crippen molar-refractivity contribution in [3.63, 3.8) is 0 Å². The molecule has 2 heterocycles. The lowest BCUT2D eigenvalue weighted by atomic mass is 9.83. The molecule has 18 nitrogen and oxygen atoms in total. The maximum atomic E-state index is 11.5. The Morgan fingerprint density at radius 3 is 2.28 bits per heavy atom. The van der Waals surface area contributed by atoms with E-state index in [1.165, 1.54) is 6.92 Å². The molecule has 0 aromatic carbocycles. The summed E-state index contributed by atoms with van der Waals surface area (Å²) in [6, 6.07) is -2.95. The second kappa shape index (κ2) is 16.2. The first-order chi connectivity index (χ1) is 20.2. The molecule has 0 radical (unpaired) electrons. The largest absolute Gasteiger partial charge is 0.395 e. The number of aliphatic hydroxyl groups excluding tert-OH is 7. The van der Waals surface area contributed by atoms with Crippen LogP contribution in [0, 0.1) is 0 Å². The fraction of sp³-hybridized carbons (Fsp3) is 1.00. The highest BCUT2D eigenvalue weighted by molar-refractivity contribution is 5.03. The topological polar surface area (TPSA) is 313 Å². The van der Waals surface area contributed by atoms with Crippen molar-refractivity contribution in [3.8, 4) is 0 Å². The zero-order valence-electron chi connectivity index (χ0n) is 24.6. The van der Waals surface area contributed by atoms with E-state index in [-0.39, 0.29) is 45.8 Å². The summed E-state index contributed by atoms with van der Waals surface area (Å²) in [5, 5.41) is 92.6. The Hall–Kier alpha value is -0.720. The second-order valence-electron chi connectivity index (χ2n) is 11.9. The minimum atomic E-state index is -1.71. The summed E-state index contributed by atoms with van der Waals surface area (Å²) in [4.78, 5) is 0. The number of rotatable bonds is 14. The summed E-state index contributed by atoms with van der Waals surface area (Å²) < 4.78 is 23.4. The minimum Gasteiger partial charge on any atom is -0.395 e. The molecule has 3 rings (SSSR count). The summed E-state index contributed by atoms with van der Waals surface area (Å²) in [7, 11) is 1.56. The normalized spacial score (nSPS) is 45.6. The Balaban J connectivity index is 1.77. The number of nitrogens with two attached hydrogens (primary N) is 3. The second-order valence-corrected chi connectivity index (χ2v) is 11.9. The van der Waals surface area contributed by atoms with E-state index < -0.39 is 97.3 Å². The van der Waals surface area contributed by atoms with Gasteiger partial charge in [-0.15, -0.1) is 0 Å². The predicted molar refractivity (Wildman–Crippen MR) is 149 cm³/mol. The van der Waals surface area contributed by atoms with Crippen molar-refractivity contribution in [2.75, 3.05) is 46.4 Å². The SMILES string of the molecule is CN[C@@H]1[C@@H](O)[C@@H](O[C@H]2[C@H](NCC(O)CN)C[C@H](N)C(O[C@H]3O[C@H](CNCC(N)CO)[C@@H](O)[C@H](O)[C@H]3O)[C@@H]2O)OC[C@]1(C)O.